The molecular formula is C15H9Br2ClN2O2. The number of benzene rings is 2. The molecular weight excluding hydrogens is 435 g/mol. The SMILES string of the molecule is Cn1c(=O)c2c(Br)cc(Br)cc2n1-c1cc(Cl)ccc1C=O. The van der Waals surface area contributed by atoms with Crippen molar-refractivity contribution in [3.05, 3.63) is 60.2 Å². The Morgan fingerprint density at radius 2 is 1.91 bits per heavy atom. The van der Waals surface area contributed by atoms with E-state index in [1.54, 1.807) is 29.9 Å². The predicted octanol–water partition coefficient (Wildman–Crippen LogP) is 4.32. The van der Waals surface area contributed by atoms with Gasteiger partial charge in [0.15, 0.2) is 6.29 Å². The molecule has 22 heavy (non-hydrogen) atoms. The van der Waals surface area contributed by atoms with E-state index in [-0.39, 0.29) is 5.56 Å². The molecule has 0 aliphatic rings. The first-order valence-corrected chi connectivity index (χ1v) is 8.22. The Morgan fingerprint density at radius 1 is 1.18 bits per heavy atom. The highest BCUT2D eigenvalue weighted by Crippen LogP contribution is 2.29. The Morgan fingerprint density at radius 3 is 2.59 bits per heavy atom. The van der Waals surface area contributed by atoms with Gasteiger partial charge in [-0.3, -0.25) is 9.59 Å². The first-order chi connectivity index (χ1) is 10.4. The summed E-state index contributed by atoms with van der Waals surface area (Å²) in [6.45, 7) is 0. The second kappa shape index (κ2) is 5.68. The van der Waals surface area contributed by atoms with Crippen molar-refractivity contribution in [3.8, 4) is 5.69 Å². The van der Waals surface area contributed by atoms with Crippen LogP contribution in [-0.4, -0.2) is 15.6 Å². The molecule has 2 aromatic carbocycles. The van der Waals surface area contributed by atoms with Crippen molar-refractivity contribution >= 4 is 60.6 Å². The molecule has 0 radical (unpaired) electrons. The molecule has 3 rings (SSSR count). The summed E-state index contributed by atoms with van der Waals surface area (Å²) >= 11 is 12.9. The standard InChI is InChI=1S/C15H9Br2ClN2O2/c1-19-15(22)14-11(17)4-9(16)5-13(14)20(19)12-6-10(18)3-2-8(12)7-21/h2-7H,1H3. The summed E-state index contributed by atoms with van der Waals surface area (Å²) in [6.07, 6.45) is 0.745. The minimum atomic E-state index is -0.161. The number of halogens is 3. The zero-order chi connectivity index (χ0) is 16.0. The van der Waals surface area contributed by atoms with Crippen LogP contribution in [0, 0.1) is 0 Å². The van der Waals surface area contributed by atoms with Crippen LogP contribution in [0.25, 0.3) is 16.6 Å². The van der Waals surface area contributed by atoms with Crippen molar-refractivity contribution in [1.82, 2.24) is 9.36 Å². The van der Waals surface area contributed by atoms with Crippen LogP contribution < -0.4 is 5.56 Å². The molecule has 0 bridgehead atoms. The monoisotopic (exact) mass is 442 g/mol. The van der Waals surface area contributed by atoms with Crippen LogP contribution >= 0.6 is 43.5 Å². The molecule has 4 nitrogen and oxygen atoms in total. The number of rotatable bonds is 2. The fraction of sp³-hybridized carbons (Fsp3) is 0.0667. The van der Waals surface area contributed by atoms with E-state index in [4.69, 9.17) is 11.6 Å². The third-order valence-electron chi connectivity index (χ3n) is 3.42. The molecule has 0 N–H and O–H groups in total. The molecule has 7 heteroatoms. The maximum atomic E-state index is 12.5. The van der Waals surface area contributed by atoms with Crippen LogP contribution in [0.5, 0.6) is 0 Å². The van der Waals surface area contributed by atoms with Crippen molar-refractivity contribution in [2.75, 3.05) is 0 Å². The highest BCUT2D eigenvalue weighted by molar-refractivity contribution is 9.11. The molecule has 112 valence electrons. The zero-order valence-corrected chi connectivity index (χ0v) is 15.2. The van der Waals surface area contributed by atoms with Crippen molar-refractivity contribution < 1.29 is 4.79 Å². The maximum absolute atomic E-state index is 12.5. The van der Waals surface area contributed by atoms with Gasteiger partial charge in [-0.1, -0.05) is 27.5 Å². The lowest BCUT2D eigenvalue weighted by atomic mass is 10.2. The van der Waals surface area contributed by atoms with Crippen LogP contribution in [0.2, 0.25) is 5.02 Å². The number of nitrogens with zero attached hydrogens (tertiary/aromatic N) is 2. The Balaban J connectivity index is 2.52. The summed E-state index contributed by atoms with van der Waals surface area (Å²) in [5.41, 5.74) is 1.53. The van der Waals surface area contributed by atoms with E-state index >= 15 is 0 Å². The van der Waals surface area contributed by atoms with Crippen molar-refractivity contribution in [1.29, 1.82) is 0 Å². The third kappa shape index (κ3) is 2.35. The lowest BCUT2D eigenvalue weighted by molar-refractivity contribution is 0.112. The molecule has 0 fully saturated rings. The maximum Gasteiger partial charge on any atom is 0.275 e. The average Bonchev–Trinajstić information content (AvgIpc) is 2.70. The number of aldehydes is 1. The second-order valence-electron chi connectivity index (χ2n) is 4.74. The largest absolute Gasteiger partial charge is 0.298 e. The van der Waals surface area contributed by atoms with E-state index in [1.165, 1.54) is 4.68 Å². The number of aromatic nitrogens is 2. The van der Waals surface area contributed by atoms with Crippen LogP contribution in [0.1, 0.15) is 10.4 Å². The van der Waals surface area contributed by atoms with E-state index in [0.717, 1.165) is 10.8 Å². The molecule has 0 aliphatic carbocycles. The van der Waals surface area contributed by atoms with Gasteiger partial charge in [0.2, 0.25) is 0 Å². The summed E-state index contributed by atoms with van der Waals surface area (Å²) in [5, 5.41) is 1.03. The number of carbonyl (C=O) groups is 1. The summed E-state index contributed by atoms with van der Waals surface area (Å²) < 4.78 is 4.65. The lowest BCUT2D eigenvalue weighted by Gasteiger charge is -2.12. The number of carbonyl (C=O) groups excluding carboxylic acids is 1. The van der Waals surface area contributed by atoms with E-state index in [2.05, 4.69) is 31.9 Å². The van der Waals surface area contributed by atoms with E-state index in [0.29, 0.717) is 31.6 Å². The Kier molecular flexibility index (Phi) is 4.01. The first-order valence-electron chi connectivity index (χ1n) is 6.26. The minimum Gasteiger partial charge on any atom is -0.298 e. The number of hydrogen-bond acceptors (Lipinski definition) is 2. The minimum absolute atomic E-state index is 0.161. The lowest BCUT2D eigenvalue weighted by Crippen LogP contribution is -2.19. The van der Waals surface area contributed by atoms with Crippen molar-refractivity contribution in [2.45, 2.75) is 0 Å². The van der Waals surface area contributed by atoms with Gasteiger partial charge >= 0.3 is 0 Å². The topological polar surface area (TPSA) is 44.0 Å². The molecule has 0 aliphatic heterocycles. The highest BCUT2D eigenvalue weighted by Gasteiger charge is 2.17. The Bertz CT molecular complexity index is 976. The van der Waals surface area contributed by atoms with Gasteiger partial charge in [0.05, 0.1) is 16.6 Å². The Hall–Kier alpha value is -1.37. The summed E-state index contributed by atoms with van der Waals surface area (Å²) in [7, 11) is 1.65. The molecule has 1 heterocycles. The summed E-state index contributed by atoms with van der Waals surface area (Å²) in [6, 6.07) is 8.58. The van der Waals surface area contributed by atoms with Gasteiger partial charge in [-0.15, -0.1) is 0 Å². The zero-order valence-electron chi connectivity index (χ0n) is 11.3. The third-order valence-corrected chi connectivity index (χ3v) is 4.74. The Labute approximate surface area is 147 Å². The van der Waals surface area contributed by atoms with Gasteiger partial charge in [-0.05, 0) is 46.3 Å². The van der Waals surface area contributed by atoms with E-state index < -0.39 is 0 Å². The normalized spacial score (nSPS) is 11.1. The van der Waals surface area contributed by atoms with Crippen LogP contribution in [0.15, 0.2) is 44.1 Å². The van der Waals surface area contributed by atoms with Gasteiger partial charge in [-0.25, -0.2) is 9.36 Å². The fourth-order valence-electron chi connectivity index (χ4n) is 2.44. The second-order valence-corrected chi connectivity index (χ2v) is 6.95. The van der Waals surface area contributed by atoms with Crippen LogP contribution in [0.3, 0.4) is 0 Å². The number of hydrogen-bond donors (Lipinski definition) is 0. The predicted molar refractivity (Wildman–Crippen MR) is 94.3 cm³/mol. The molecule has 0 saturated heterocycles. The van der Waals surface area contributed by atoms with Crippen molar-refractivity contribution in [2.24, 2.45) is 7.05 Å². The fourth-order valence-corrected chi connectivity index (χ4v) is 3.98. The average molecular weight is 445 g/mol. The molecule has 1 aromatic heterocycles. The summed E-state index contributed by atoms with van der Waals surface area (Å²) in [5.74, 6) is 0. The highest BCUT2D eigenvalue weighted by atomic mass is 79.9. The van der Waals surface area contributed by atoms with Gasteiger partial charge in [0.25, 0.3) is 5.56 Å². The number of fused-ring (bicyclic) bond motifs is 1. The van der Waals surface area contributed by atoms with E-state index in [9.17, 15) is 9.59 Å². The first kappa shape index (κ1) is 15.5. The molecule has 0 amide bonds. The smallest absolute Gasteiger partial charge is 0.275 e. The van der Waals surface area contributed by atoms with Crippen LogP contribution in [-0.2, 0) is 7.05 Å². The van der Waals surface area contributed by atoms with Crippen LogP contribution in [0.4, 0.5) is 0 Å². The van der Waals surface area contributed by atoms with Gasteiger partial charge in [0.1, 0.15) is 0 Å². The molecule has 0 spiro atoms. The molecule has 3 aromatic rings. The van der Waals surface area contributed by atoms with Gasteiger partial charge in [-0.2, -0.15) is 0 Å². The molecule has 0 unspecified atom stereocenters. The van der Waals surface area contributed by atoms with Crippen molar-refractivity contribution in [3.63, 3.8) is 0 Å². The summed E-state index contributed by atoms with van der Waals surface area (Å²) in [4.78, 5) is 23.9. The molecule has 0 saturated carbocycles. The quantitative estimate of drug-likeness (QED) is 0.553. The molecule has 0 atom stereocenters. The van der Waals surface area contributed by atoms with Gasteiger partial charge < -0.3 is 0 Å². The van der Waals surface area contributed by atoms with E-state index in [1.807, 2.05) is 12.1 Å². The van der Waals surface area contributed by atoms with Gasteiger partial charge in [0, 0.05) is 26.6 Å².